The minimum absolute atomic E-state index is 0.305. The highest BCUT2D eigenvalue weighted by molar-refractivity contribution is 6.02. The van der Waals surface area contributed by atoms with E-state index in [9.17, 15) is 4.79 Å². The van der Waals surface area contributed by atoms with Crippen LogP contribution in [-0.2, 0) is 9.53 Å². The Bertz CT molecular complexity index is 199. The van der Waals surface area contributed by atoms with Crippen LogP contribution in [0, 0.1) is 12.3 Å². The smallest absolute Gasteiger partial charge is 0.225 e. The molecule has 1 fully saturated rings. The molecule has 0 aromatic heterocycles. The van der Waals surface area contributed by atoms with E-state index in [1.165, 1.54) is 0 Å². The molecule has 1 aliphatic rings. The molecule has 0 saturated carbocycles. The highest BCUT2D eigenvalue weighted by atomic mass is 16.5. The lowest BCUT2D eigenvalue weighted by Crippen LogP contribution is -2.51. The molecule has 0 aromatic rings. The van der Waals surface area contributed by atoms with E-state index < -0.39 is 5.54 Å². The average Bonchev–Trinajstić information content (AvgIpc) is 2.04. The van der Waals surface area contributed by atoms with Gasteiger partial charge in [0.15, 0.2) is 0 Å². The first-order valence-electron chi connectivity index (χ1n) is 3.57. The van der Waals surface area contributed by atoms with Crippen LogP contribution in [0.3, 0.4) is 0 Å². The maximum atomic E-state index is 11.1. The molecule has 1 saturated heterocycles. The van der Waals surface area contributed by atoms with Crippen molar-refractivity contribution in [3.8, 4) is 12.3 Å². The molecule has 0 aromatic carbocycles. The Morgan fingerprint density at radius 3 is 2.55 bits per heavy atom. The van der Waals surface area contributed by atoms with Crippen LogP contribution in [-0.4, -0.2) is 24.5 Å². The van der Waals surface area contributed by atoms with Gasteiger partial charge >= 0.3 is 0 Å². The van der Waals surface area contributed by atoms with Crippen LogP contribution < -0.4 is 5.73 Å². The number of nitrogens with two attached hydrogens (primary N) is 1. The Hall–Kier alpha value is -0.850. The number of rotatable bonds is 1. The highest BCUT2D eigenvalue weighted by Crippen LogP contribution is 2.17. The van der Waals surface area contributed by atoms with Crippen molar-refractivity contribution < 1.29 is 9.53 Å². The summed E-state index contributed by atoms with van der Waals surface area (Å²) in [6, 6.07) is 0. The zero-order valence-corrected chi connectivity index (χ0v) is 6.30. The van der Waals surface area contributed by atoms with Crippen molar-refractivity contribution in [1.82, 2.24) is 0 Å². The van der Waals surface area contributed by atoms with E-state index in [-0.39, 0.29) is 5.78 Å². The molecule has 1 aliphatic heterocycles. The van der Waals surface area contributed by atoms with E-state index in [1.807, 2.05) is 0 Å². The van der Waals surface area contributed by atoms with E-state index in [2.05, 4.69) is 5.92 Å². The predicted molar refractivity (Wildman–Crippen MR) is 40.8 cm³/mol. The molecule has 60 valence electrons. The summed E-state index contributed by atoms with van der Waals surface area (Å²) in [5.74, 6) is 1.75. The average molecular weight is 153 g/mol. The van der Waals surface area contributed by atoms with Crippen LogP contribution in [0.15, 0.2) is 0 Å². The third-order valence-corrected chi connectivity index (χ3v) is 1.97. The minimum Gasteiger partial charge on any atom is -0.381 e. The van der Waals surface area contributed by atoms with Crippen molar-refractivity contribution in [2.24, 2.45) is 5.73 Å². The molecule has 0 atom stereocenters. The van der Waals surface area contributed by atoms with Gasteiger partial charge in [0.1, 0.15) is 0 Å². The molecule has 3 nitrogen and oxygen atoms in total. The topological polar surface area (TPSA) is 52.3 Å². The van der Waals surface area contributed by atoms with Crippen molar-refractivity contribution in [2.45, 2.75) is 18.4 Å². The normalized spacial score (nSPS) is 22.2. The Morgan fingerprint density at radius 2 is 2.09 bits per heavy atom. The number of carbonyl (C=O) groups excluding carboxylic acids is 1. The fraction of sp³-hybridized carbons (Fsp3) is 0.625. The summed E-state index contributed by atoms with van der Waals surface area (Å²) in [5, 5.41) is 0. The number of Topliss-reactive ketones (excluding diaryl/α,β-unsaturated/α-hetero) is 1. The lowest BCUT2D eigenvalue weighted by atomic mass is 9.87. The fourth-order valence-electron chi connectivity index (χ4n) is 1.11. The first-order chi connectivity index (χ1) is 5.19. The van der Waals surface area contributed by atoms with Gasteiger partial charge in [-0.2, -0.15) is 0 Å². The SMILES string of the molecule is C#CC(=O)C1(N)CCOCC1. The zero-order chi connectivity index (χ0) is 8.32. The number of carbonyl (C=O) groups is 1. The van der Waals surface area contributed by atoms with Crippen LogP contribution in [0.25, 0.3) is 0 Å². The van der Waals surface area contributed by atoms with Crippen molar-refractivity contribution in [3.63, 3.8) is 0 Å². The van der Waals surface area contributed by atoms with Gasteiger partial charge in [0.05, 0.1) is 5.54 Å². The third kappa shape index (κ3) is 1.59. The Kier molecular flexibility index (Phi) is 2.28. The fourth-order valence-corrected chi connectivity index (χ4v) is 1.11. The van der Waals surface area contributed by atoms with Crippen molar-refractivity contribution in [3.05, 3.63) is 0 Å². The predicted octanol–water partition coefficient (Wildman–Crippen LogP) is -0.303. The summed E-state index contributed by atoms with van der Waals surface area (Å²) in [6.45, 7) is 1.06. The number of terminal acetylenes is 1. The lowest BCUT2D eigenvalue weighted by Gasteiger charge is -2.29. The van der Waals surface area contributed by atoms with Gasteiger partial charge in [0.2, 0.25) is 5.78 Å². The molecule has 0 amide bonds. The number of ketones is 1. The van der Waals surface area contributed by atoms with E-state index in [1.54, 1.807) is 0 Å². The molecular formula is C8H11NO2. The van der Waals surface area contributed by atoms with Gasteiger partial charge in [0.25, 0.3) is 0 Å². The summed E-state index contributed by atoms with van der Waals surface area (Å²) in [5.41, 5.74) is 4.93. The second kappa shape index (κ2) is 3.04. The summed E-state index contributed by atoms with van der Waals surface area (Å²) in [6.07, 6.45) is 6.04. The Balaban J connectivity index is 2.65. The first kappa shape index (κ1) is 8.25. The maximum Gasteiger partial charge on any atom is 0.225 e. The van der Waals surface area contributed by atoms with Gasteiger partial charge < -0.3 is 10.5 Å². The molecule has 0 bridgehead atoms. The van der Waals surface area contributed by atoms with Crippen LogP contribution in [0.1, 0.15) is 12.8 Å². The van der Waals surface area contributed by atoms with Crippen LogP contribution in [0.2, 0.25) is 0 Å². The standard InChI is InChI=1S/C8H11NO2/c1-2-7(10)8(9)3-5-11-6-4-8/h1H,3-6,9H2. The van der Waals surface area contributed by atoms with Gasteiger partial charge in [0, 0.05) is 13.2 Å². The monoisotopic (exact) mass is 153 g/mol. The molecule has 11 heavy (non-hydrogen) atoms. The van der Waals surface area contributed by atoms with Gasteiger partial charge in [-0.25, -0.2) is 0 Å². The molecular weight excluding hydrogens is 142 g/mol. The Labute approximate surface area is 65.9 Å². The van der Waals surface area contributed by atoms with Crippen molar-refractivity contribution in [1.29, 1.82) is 0 Å². The molecule has 0 radical (unpaired) electrons. The molecule has 1 rings (SSSR count). The molecule has 0 unspecified atom stereocenters. The Morgan fingerprint density at radius 1 is 1.55 bits per heavy atom. The number of ether oxygens (including phenoxy) is 1. The molecule has 0 spiro atoms. The maximum absolute atomic E-state index is 11.1. The lowest BCUT2D eigenvalue weighted by molar-refractivity contribution is -0.121. The van der Waals surface area contributed by atoms with E-state index in [4.69, 9.17) is 16.9 Å². The quantitative estimate of drug-likeness (QED) is 0.415. The largest absolute Gasteiger partial charge is 0.381 e. The van der Waals surface area contributed by atoms with Crippen LogP contribution >= 0.6 is 0 Å². The molecule has 3 heteroatoms. The summed E-state index contributed by atoms with van der Waals surface area (Å²) in [7, 11) is 0. The van der Waals surface area contributed by atoms with Crippen LogP contribution in [0.4, 0.5) is 0 Å². The second-order valence-corrected chi connectivity index (χ2v) is 2.74. The van der Waals surface area contributed by atoms with Gasteiger partial charge in [-0.05, 0) is 18.8 Å². The third-order valence-electron chi connectivity index (χ3n) is 1.97. The summed E-state index contributed by atoms with van der Waals surface area (Å²) >= 11 is 0. The molecule has 0 aliphatic carbocycles. The zero-order valence-electron chi connectivity index (χ0n) is 6.30. The number of hydrogen-bond acceptors (Lipinski definition) is 3. The summed E-state index contributed by atoms with van der Waals surface area (Å²) in [4.78, 5) is 11.1. The first-order valence-corrected chi connectivity index (χ1v) is 3.57. The minimum atomic E-state index is -0.812. The van der Waals surface area contributed by atoms with Crippen molar-refractivity contribution >= 4 is 5.78 Å². The highest BCUT2D eigenvalue weighted by Gasteiger charge is 2.34. The van der Waals surface area contributed by atoms with Gasteiger partial charge in [-0.3, -0.25) is 4.79 Å². The van der Waals surface area contributed by atoms with Crippen molar-refractivity contribution in [2.75, 3.05) is 13.2 Å². The molecule has 1 heterocycles. The van der Waals surface area contributed by atoms with Gasteiger partial charge in [-0.15, -0.1) is 6.42 Å². The van der Waals surface area contributed by atoms with Crippen LogP contribution in [0.5, 0.6) is 0 Å². The second-order valence-electron chi connectivity index (χ2n) is 2.74. The number of hydrogen-bond donors (Lipinski definition) is 1. The van der Waals surface area contributed by atoms with E-state index in [0.717, 1.165) is 0 Å². The summed E-state index contributed by atoms with van der Waals surface area (Å²) < 4.78 is 5.06. The molecule has 2 N–H and O–H groups in total. The van der Waals surface area contributed by atoms with E-state index in [0.29, 0.717) is 26.1 Å². The van der Waals surface area contributed by atoms with E-state index >= 15 is 0 Å². The van der Waals surface area contributed by atoms with Gasteiger partial charge in [-0.1, -0.05) is 0 Å².